The molecule has 0 aliphatic carbocycles. The first-order valence-electron chi connectivity index (χ1n) is 9.09. The molecule has 2 aliphatic heterocycles. The van der Waals surface area contributed by atoms with Gasteiger partial charge >= 0.3 is 0 Å². The molecule has 1 atom stereocenters. The van der Waals surface area contributed by atoms with Crippen LogP contribution < -0.4 is 5.32 Å². The summed E-state index contributed by atoms with van der Waals surface area (Å²) in [5, 5.41) is 3.34. The van der Waals surface area contributed by atoms with Gasteiger partial charge in [0.25, 0.3) is 0 Å². The van der Waals surface area contributed by atoms with Gasteiger partial charge < -0.3 is 19.7 Å². The number of ether oxygens (including phenoxy) is 2. The molecular weight excluding hydrogens is 344 g/mol. The van der Waals surface area contributed by atoms with Crippen molar-refractivity contribution in [1.82, 2.24) is 14.5 Å². The minimum absolute atomic E-state index is 0.0389. The van der Waals surface area contributed by atoms with Gasteiger partial charge in [-0.15, -0.1) is 0 Å². The number of aliphatic imine (C=N–C) groups is 1. The molecule has 2 fully saturated rings. The fourth-order valence-electron chi connectivity index (χ4n) is 3.04. The summed E-state index contributed by atoms with van der Waals surface area (Å²) in [6.45, 7) is 7.85. The van der Waals surface area contributed by atoms with E-state index < -0.39 is 10.0 Å². The number of guanidine groups is 1. The van der Waals surface area contributed by atoms with Crippen LogP contribution in [-0.4, -0.2) is 94.5 Å². The topological polar surface area (TPSA) is 83.5 Å². The number of nitrogens with one attached hydrogen (secondary N) is 1. The quantitative estimate of drug-likeness (QED) is 0.502. The Bertz CT molecular complexity index is 524. The van der Waals surface area contributed by atoms with Crippen molar-refractivity contribution in [1.29, 1.82) is 0 Å². The molecule has 2 saturated heterocycles. The van der Waals surface area contributed by atoms with Gasteiger partial charge in [-0.3, -0.25) is 4.99 Å². The molecule has 25 heavy (non-hydrogen) atoms. The maximum absolute atomic E-state index is 12.4. The van der Waals surface area contributed by atoms with Gasteiger partial charge in [0.05, 0.1) is 24.6 Å². The second kappa shape index (κ2) is 9.70. The number of nitrogens with zero attached hydrogens (tertiary/aromatic N) is 3. The lowest BCUT2D eigenvalue weighted by atomic mass is 10.2. The highest BCUT2D eigenvalue weighted by atomic mass is 32.2. The maximum Gasteiger partial charge on any atom is 0.216 e. The van der Waals surface area contributed by atoms with Crippen molar-refractivity contribution >= 4 is 16.0 Å². The summed E-state index contributed by atoms with van der Waals surface area (Å²) in [5.74, 6) is 0.854. The lowest BCUT2D eigenvalue weighted by Crippen LogP contribution is -2.54. The first-order valence-corrected chi connectivity index (χ1v) is 10.7. The van der Waals surface area contributed by atoms with Crippen LogP contribution in [0.25, 0.3) is 0 Å². The first-order chi connectivity index (χ1) is 11.9. The van der Waals surface area contributed by atoms with E-state index in [2.05, 4.69) is 15.2 Å². The van der Waals surface area contributed by atoms with Crippen LogP contribution in [-0.2, 0) is 19.5 Å². The molecule has 0 aromatic carbocycles. The number of hydrogen-bond donors (Lipinski definition) is 1. The molecular formula is C16H32N4O4S. The van der Waals surface area contributed by atoms with Gasteiger partial charge in [-0.25, -0.2) is 8.42 Å². The molecule has 2 aliphatic rings. The van der Waals surface area contributed by atoms with Gasteiger partial charge in [-0.1, -0.05) is 0 Å². The highest BCUT2D eigenvalue weighted by Crippen LogP contribution is 2.12. The van der Waals surface area contributed by atoms with E-state index in [1.807, 2.05) is 13.8 Å². The van der Waals surface area contributed by atoms with E-state index in [1.54, 1.807) is 11.4 Å². The van der Waals surface area contributed by atoms with Crippen molar-refractivity contribution in [3.8, 4) is 0 Å². The normalized spacial score (nSPS) is 23.4. The van der Waals surface area contributed by atoms with Crippen molar-refractivity contribution in [3.63, 3.8) is 0 Å². The van der Waals surface area contributed by atoms with Crippen molar-refractivity contribution in [2.75, 3.05) is 58.7 Å². The summed E-state index contributed by atoms with van der Waals surface area (Å²) in [6, 6.07) is 0. The first kappa shape index (κ1) is 20.4. The lowest BCUT2D eigenvalue weighted by molar-refractivity contribution is 0.0904. The second-order valence-electron chi connectivity index (χ2n) is 6.68. The highest BCUT2D eigenvalue weighted by molar-refractivity contribution is 7.89. The number of hydrogen-bond acceptors (Lipinski definition) is 5. The van der Waals surface area contributed by atoms with E-state index in [1.165, 1.54) is 0 Å². The number of rotatable bonds is 7. The number of piperazine rings is 1. The predicted molar refractivity (Wildman–Crippen MR) is 98.4 cm³/mol. The van der Waals surface area contributed by atoms with Crippen molar-refractivity contribution in [3.05, 3.63) is 0 Å². The Morgan fingerprint density at radius 2 is 2.04 bits per heavy atom. The summed E-state index contributed by atoms with van der Waals surface area (Å²) in [4.78, 5) is 6.42. The van der Waals surface area contributed by atoms with Crippen LogP contribution in [0.15, 0.2) is 4.99 Å². The van der Waals surface area contributed by atoms with E-state index in [0.29, 0.717) is 26.2 Å². The SMILES string of the molecule is CN=C(NCC1CCCO1)N1CCN(S(=O)(=O)CCOC(C)C)CC1. The molecule has 1 N–H and O–H groups in total. The smallest absolute Gasteiger partial charge is 0.216 e. The zero-order chi connectivity index (χ0) is 18.3. The minimum Gasteiger partial charge on any atom is -0.378 e. The molecule has 0 aromatic heterocycles. The maximum atomic E-state index is 12.4. The molecule has 0 radical (unpaired) electrons. The van der Waals surface area contributed by atoms with Crippen LogP contribution >= 0.6 is 0 Å². The summed E-state index contributed by atoms with van der Waals surface area (Å²) >= 11 is 0. The molecule has 2 heterocycles. The second-order valence-corrected chi connectivity index (χ2v) is 8.77. The van der Waals surface area contributed by atoms with Crippen molar-refractivity contribution < 1.29 is 17.9 Å². The lowest BCUT2D eigenvalue weighted by Gasteiger charge is -2.36. The standard InChI is InChI=1S/C16H32N4O4S/c1-14(2)23-11-12-25(21,22)20-8-6-19(7-9-20)16(17-3)18-13-15-5-4-10-24-15/h14-15H,4-13H2,1-3H3,(H,17,18). The molecule has 0 spiro atoms. The third-order valence-electron chi connectivity index (χ3n) is 4.45. The predicted octanol–water partition coefficient (Wildman–Crippen LogP) is 0.113. The van der Waals surface area contributed by atoms with Gasteiger partial charge in [0, 0.05) is 46.4 Å². The molecule has 0 aromatic rings. The molecule has 2 rings (SSSR count). The van der Waals surface area contributed by atoms with Gasteiger partial charge in [0.2, 0.25) is 10.0 Å². The Balaban J connectivity index is 1.77. The van der Waals surface area contributed by atoms with Gasteiger partial charge in [-0.2, -0.15) is 4.31 Å². The Labute approximate surface area is 151 Å². The third kappa shape index (κ3) is 6.40. The largest absolute Gasteiger partial charge is 0.378 e. The minimum atomic E-state index is -3.26. The Morgan fingerprint density at radius 1 is 1.32 bits per heavy atom. The van der Waals surface area contributed by atoms with E-state index in [9.17, 15) is 8.42 Å². The van der Waals surface area contributed by atoms with Crippen LogP contribution in [0.4, 0.5) is 0 Å². The summed E-state index contributed by atoms with van der Waals surface area (Å²) in [7, 11) is -1.50. The molecule has 9 heteroatoms. The molecule has 0 bridgehead atoms. The molecule has 8 nitrogen and oxygen atoms in total. The van der Waals surface area contributed by atoms with Gasteiger partial charge in [-0.05, 0) is 26.7 Å². The average Bonchev–Trinajstić information content (AvgIpc) is 3.09. The van der Waals surface area contributed by atoms with Crippen LogP contribution in [0.3, 0.4) is 0 Å². The van der Waals surface area contributed by atoms with Gasteiger partial charge in [0.1, 0.15) is 0 Å². The summed E-state index contributed by atoms with van der Waals surface area (Å²) in [5.41, 5.74) is 0. The molecule has 1 unspecified atom stereocenters. The van der Waals surface area contributed by atoms with E-state index in [0.717, 1.165) is 32.0 Å². The summed E-state index contributed by atoms with van der Waals surface area (Å²) < 4.78 is 37.3. The van der Waals surface area contributed by atoms with Crippen molar-refractivity contribution in [2.24, 2.45) is 4.99 Å². The zero-order valence-corrected chi connectivity index (χ0v) is 16.4. The molecule has 0 amide bonds. The van der Waals surface area contributed by atoms with Crippen LogP contribution in [0, 0.1) is 0 Å². The van der Waals surface area contributed by atoms with E-state index in [4.69, 9.17) is 9.47 Å². The van der Waals surface area contributed by atoms with Crippen LogP contribution in [0.2, 0.25) is 0 Å². The van der Waals surface area contributed by atoms with Crippen LogP contribution in [0.1, 0.15) is 26.7 Å². The van der Waals surface area contributed by atoms with Gasteiger partial charge in [0.15, 0.2) is 5.96 Å². The number of sulfonamides is 1. The zero-order valence-electron chi connectivity index (χ0n) is 15.6. The monoisotopic (exact) mass is 376 g/mol. The Kier molecular flexibility index (Phi) is 7.92. The Hall–Kier alpha value is -0.900. The highest BCUT2D eigenvalue weighted by Gasteiger charge is 2.28. The fraction of sp³-hybridized carbons (Fsp3) is 0.938. The third-order valence-corrected chi connectivity index (χ3v) is 6.28. The molecule has 0 saturated carbocycles. The van der Waals surface area contributed by atoms with E-state index in [-0.39, 0.29) is 24.6 Å². The molecule has 146 valence electrons. The van der Waals surface area contributed by atoms with E-state index >= 15 is 0 Å². The Morgan fingerprint density at radius 3 is 2.60 bits per heavy atom. The average molecular weight is 377 g/mol. The summed E-state index contributed by atoms with van der Waals surface area (Å²) in [6.07, 6.45) is 2.49. The van der Waals surface area contributed by atoms with Crippen LogP contribution in [0.5, 0.6) is 0 Å². The van der Waals surface area contributed by atoms with Crippen molar-refractivity contribution in [2.45, 2.75) is 38.9 Å². The fourth-order valence-corrected chi connectivity index (χ4v) is 4.32.